The molecule has 0 unspecified atom stereocenters. The first-order chi connectivity index (χ1) is 10.5. The Hall–Kier alpha value is -3.16. The first-order valence-corrected chi connectivity index (χ1v) is 6.23. The molecule has 0 N–H and O–H groups in total. The van der Waals surface area contributed by atoms with Gasteiger partial charge in [0, 0.05) is 11.6 Å². The van der Waals surface area contributed by atoms with E-state index in [1.807, 2.05) is 6.07 Å². The van der Waals surface area contributed by atoms with Gasteiger partial charge in [-0.25, -0.2) is 4.98 Å². The van der Waals surface area contributed by atoms with Crippen molar-refractivity contribution in [1.82, 2.24) is 4.98 Å². The highest BCUT2D eigenvalue weighted by molar-refractivity contribution is 6.30. The Morgan fingerprint density at radius 1 is 1.32 bits per heavy atom. The number of benzene rings is 1. The molecule has 1 heterocycles. The molecular formula is C14H7ClN4O3. The average molecular weight is 315 g/mol. The summed E-state index contributed by atoms with van der Waals surface area (Å²) >= 11 is 5.88. The van der Waals surface area contributed by atoms with E-state index in [1.165, 1.54) is 25.3 Å². The first-order valence-electron chi connectivity index (χ1n) is 5.85. The molecule has 2 aromatic rings. The topological polar surface area (TPSA) is 113 Å². The zero-order valence-electron chi connectivity index (χ0n) is 11.2. The van der Waals surface area contributed by atoms with Crippen molar-refractivity contribution in [2.45, 2.75) is 0 Å². The van der Waals surface area contributed by atoms with Crippen LogP contribution >= 0.6 is 11.6 Å². The first kappa shape index (κ1) is 15.2. The minimum Gasteiger partial charge on any atom is -0.490 e. The number of halogens is 1. The van der Waals surface area contributed by atoms with Crippen LogP contribution in [-0.4, -0.2) is 17.0 Å². The number of nitriles is 2. The molecule has 0 saturated heterocycles. The third kappa shape index (κ3) is 2.66. The number of methoxy groups -OCH3 is 1. The summed E-state index contributed by atoms with van der Waals surface area (Å²) in [7, 11) is 1.33. The summed E-state index contributed by atoms with van der Waals surface area (Å²) in [5, 5.41) is 28.9. The van der Waals surface area contributed by atoms with Gasteiger partial charge < -0.3 is 4.74 Å². The maximum atomic E-state index is 11.0. The normalized spacial score (nSPS) is 9.64. The van der Waals surface area contributed by atoms with E-state index >= 15 is 0 Å². The summed E-state index contributed by atoms with van der Waals surface area (Å²) < 4.78 is 4.92. The Bertz CT molecular complexity index is 852. The van der Waals surface area contributed by atoms with Crippen LogP contribution in [0.25, 0.3) is 11.3 Å². The molecule has 1 aromatic carbocycles. The molecule has 0 radical (unpaired) electrons. The number of nitro benzene ring substituents is 1. The molecule has 2 rings (SSSR count). The average Bonchev–Trinajstić information content (AvgIpc) is 2.53. The Kier molecular flexibility index (Phi) is 4.21. The highest BCUT2D eigenvalue weighted by Crippen LogP contribution is 2.32. The molecule has 0 aliphatic heterocycles. The van der Waals surface area contributed by atoms with E-state index in [0.29, 0.717) is 5.56 Å². The van der Waals surface area contributed by atoms with Crippen molar-refractivity contribution in [3.63, 3.8) is 0 Å². The molecule has 22 heavy (non-hydrogen) atoms. The highest BCUT2D eigenvalue weighted by Gasteiger charge is 2.18. The summed E-state index contributed by atoms with van der Waals surface area (Å²) in [5.41, 5.74) is 0.425. The molecule has 1 aromatic heterocycles. The molecule has 0 aliphatic carbocycles. The van der Waals surface area contributed by atoms with Gasteiger partial charge in [0.05, 0.1) is 23.3 Å². The quantitative estimate of drug-likeness (QED) is 0.488. The van der Waals surface area contributed by atoms with Crippen LogP contribution in [0.2, 0.25) is 5.15 Å². The number of hydrogen-bond acceptors (Lipinski definition) is 6. The number of nitrogens with zero attached hydrogens (tertiary/aromatic N) is 4. The second-order valence-corrected chi connectivity index (χ2v) is 4.45. The van der Waals surface area contributed by atoms with Gasteiger partial charge in [-0.3, -0.25) is 10.1 Å². The molecule has 0 fully saturated rings. The predicted octanol–water partition coefficient (Wildman–Crippen LogP) is 3.06. The summed E-state index contributed by atoms with van der Waals surface area (Å²) in [4.78, 5) is 14.5. The van der Waals surface area contributed by atoms with Crippen molar-refractivity contribution in [2.24, 2.45) is 0 Å². The second kappa shape index (κ2) is 6.08. The Balaban J connectivity index is 2.66. The lowest BCUT2D eigenvalue weighted by atomic mass is 10.1. The summed E-state index contributed by atoms with van der Waals surface area (Å²) in [5.74, 6) is 0.106. The van der Waals surface area contributed by atoms with E-state index < -0.39 is 4.92 Å². The van der Waals surface area contributed by atoms with Crippen molar-refractivity contribution in [2.75, 3.05) is 7.11 Å². The molecule has 0 aliphatic rings. The van der Waals surface area contributed by atoms with Crippen LogP contribution in [0.4, 0.5) is 5.69 Å². The van der Waals surface area contributed by atoms with Gasteiger partial charge in [0.2, 0.25) is 0 Å². The molecule has 108 valence electrons. The number of rotatable bonds is 3. The number of aromatic nitrogens is 1. The molecule has 0 saturated carbocycles. The van der Waals surface area contributed by atoms with Crippen LogP contribution in [0.1, 0.15) is 11.1 Å². The van der Waals surface area contributed by atoms with Gasteiger partial charge in [-0.1, -0.05) is 11.6 Å². The SMILES string of the molecule is COc1ccc(-c2cc(C#N)c(C#N)c(Cl)n2)cc1[N+](=O)[O-]. The smallest absolute Gasteiger partial charge is 0.311 e. The fraction of sp³-hybridized carbons (Fsp3) is 0.0714. The maximum absolute atomic E-state index is 11.0. The molecule has 7 nitrogen and oxygen atoms in total. The molecule has 0 bridgehead atoms. The van der Waals surface area contributed by atoms with Gasteiger partial charge in [0.1, 0.15) is 22.9 Å². The zero-order chi connectivity index (χ0) is 16.3. The largest absolute Gasteiger partial charge is 0.490 e. The van der Waals surface area contributed by atoms with E-state index in [4.69, 9.17) is 26.9 Å². The summed E-state index contributed by atoms with van der Waals surface area (Å²) in [6.07, 6.45) is 0. The highest BCUT2D eigenvalue weighted by atomic mass is 35.5. The van der Waals surface area contributed by atoms with E-state index in [0.717, 1.165) is 0 Å². The van der Waals surface area contributed by atoms with Crippen LogP contribution in [0.5, 0.6) is 5.75 Å². The molecule has 0 spiro atoms. The molecule has 8 heteroatoms. The summed E-state index contributed by atoms with van der Waals surface area (Å²) in [6.45, 7) is 0. The van der Waals surface area contributed by atoms with Crippen molar-refractivity contribution >= 4 is 17.3 Å². The predicted molar refractivity (Wildman–Crippen MR) is 77.3 cm³/mol. The molecular weight excluding hydrogens is 308 g/mol. The minimum atomic E-state index is -0.585. The fourth-order valence-electron chi connectivity index (χ4n) is 1.85. The lowest BCUT2D eigenvalue weighted by Crippen LogP contribution is -1.96. The Morgan fingerprint density at radius 3 is 2.59 bits per heavy atom. The van der Waals surface area contributed by atoms with Gasteiger partial charge in [-0.2, -0.15) is 10.5 Å². The van der Waals surface area contributed by atoms with Crippen molar-refractivity contribution in [3.8, 4) is 29.1 Å². The van der Waals surface area contributed by atoms with E-state index in [-0.39, 0.29) is 33.4 Å². The Labute approximate surface area is 130 Å². The van der Waals surface area contributed by atoms with Gasteiger partial charge >= 0.3 is 5.69 Å². The van der Waals surface area contributed by atoms with Crippen LogP contribution in [-0.2, 0) is 0 Å². The fourth-order valence-corrected chi connectivity index (χ4v) is 2.08. The summed E-state index contributed by atoms with van der Waals surface area (Å²) in [6, 6.07) is 9.25. The van der Waals surface area contributed by atoms with Crippen LogP contribution < -0.4 is 4.74 Å². The van der Waals surface area contributed by atoms with Gasteiger partial charge in [-0.05, 0) is 18.2 Å². The van der Waals surface area contributed by atoms with Crippen LogP contribution in [0.15, 0.2) is 24.3 Å². The molecule has 0 atom stereocenters. The van der Waals surface area contributed by atoms with Gasteiger partial charge in [-0.15, -0.1) is 0 Å². The second-order valence-electron chi connectivity index (χ2n) is 4.09. The number of nitro groups is 1. The molecule has 0 amide bonds. The Morgan fingerprint density at radius 2 is 2.05 bits per heavy atom. The minimum absolute atomic E-state index is 0.0315. The third-order valence-electron chi connectivity index (χ3n) is 2.88. The van der Waals surface area contributed by atoms with E-state index in [1.54, 1.807) is 12.1 Å². The van der Waals surface area contributed by atoms with Gasteiger partial charge in [0.25, 0.3) is 0 Å². The number of hydrogen-bond donors (Lipinski definition) is 0. The number of pyridine rings is 1. The van der Waals surface area contributed by atoms with Gasteiger partial charge in [0.15, 0.2) is 5.75 Å². The lowest BCUT2D eigenvalue weighted by molar-refractivity contribution is -0.385. The van der Waals surface area contributed by atoms with Crippen molar-refractivity contribution < 1.29 is 9.66 Å². The van der Waals surface area contributed by atoms with Crippen LogP contribution in [0, 0.1) is 32.8 Å². The zero-order valence-corrected chi connectivity index (χ0v) is 12.0. The maximum Gasteiger partial charge on any atom is 0.311 e. The van der Waals surface area contributed by atoms with E-state index in [9.17, 15) is 10.1 Å². The van der Waals surface area contributed by atoms with Crippen molar-refractivity contribution in [3.05, 3.63) is 50.7 Å². The number of ether oxygens (including phenoxy) is 1. The van der Waals surface area contributed by atoms with E-state index in [2.05, 4.69) is 4.98 Å². The monoisotopic (exact) mass is 314 g/mol. The third-order valence-corrected chi connectivity index (χ3v) is 3.15. The standard InChI is InChI=1S/C14H7ClN4O3/c1-22-13-3-2-8(5-12(13)19(20)21)11-4-9(6-16)10(7-17)14(15)18-11/h2-5H,1H3. The lowest BCUT2D eigenvalue weighted by Gasteiger charge is -2.06. The van der Waals surface area contributed by atoms with Crippen LogP contribution in [0.3, 0.4) is 0 Å². The van der Waals surface area contributed by atoms with Crippen molar-refractivity contribution in [1.29, 1.82) is 10.5 Å².